The van der Waals surface area contributed by atoms with Gasteiger partial charge in [-0.2, -0.15) is 4.98 Å². The van der Waals surface area contributed by atoms with Crippen molar-refractivity contribution in [3.05, 3.63) is 47.6 Å². The number of halogens is 1. The van der Waals surface area contributed by atoms with Crippen molar-refractivity contribution >= 4 is 34.7 Å². The molecule has 0 fully saturated rings. The topological polar surface area (TPSA) is 112 Å². The van der Waals surface area contributed by atoms with Gasteiger partial charge in [-0.3, -0.25) is 0 Å². The van der Waals surface area contributed by atoms with Crippen LogP contribution in [0.4, 0.5) is 23.1 Å². The Hall–Kier alpha value is -3.06. The number of nitrogens with one attached hydrogen (secondary N) is 1. The summed E-state index contributed by atoms with van der Waals surface area (Å²) in [6, 6.07) is 10.7. The molecule has 2 aromatic heterocycles. The van der Waals surface area contributed by atoms with Gasteiger partial charge in [-0.15, -0.1) is 0 Å². The van der Waals surface area contributed by atoms with Gasteiger partial charge in [0.25, 0.3) is 0 Å². The standard InChI is InChI=1S/C16H15ClN6O/c1-24-15-11(6-3-7-20-15)21-16-22-13(12(18)14(19)23-16)9-4-2-5-10(17)8-9/h2-8H,18H2,1H3,(H3,19,21,22,23). The number of aromatic nitrogens is 3. The van der Waals surface area contributed by atoms with E-state index in [1.165, 1.54) is 7.11 Å². The average Bonchev–Trinajstić information content (AvgIpc) is 2.58. The summed E-state index contributed by atoms with van der Waals surface area (Å²) in [6.45, 7) is 0. The van der Waals surface area contributed by atoms with Gasteiger partial charge in [0.05, 0.1) is 7.11 Å². The lowest BCUT2D eigenvalue weighted by Gasteiger charge is -2.12. The van der Waals surface area contributed by atoms with Crippen LogP contribution in [0.15, 0.2) is 42.6 Å². The maximum atomic E-state index is 6.04. The lowest BCUT2D eigenvalue weighted by atomic mass is 10.1. The van der Waals surface area contributed by atoms with Crippen molar-refractivity contribution in [2.45, 2.75) is 0 Å². The molecule has 5 N–H and O–H groups in total. The van der Waals surface area contributed by atoms with Crippen molar-refractivity contribution in [3.63, 3.8) is 0 Å². The van der Waals surface area contributed by atoms with E-state index in [2.05, 4.69) is 20.3 Å². The molecule has 0 aliphatic heterocycles. The molecule has 7 nitrogen and oxygen atoms in total. The molecule has 0 unspecified atom stereocenters. The van der Waals surface area contributed by atoms with Crippen LogP contribution < -0.4 is 21.5 Å². The van der Waals surface area contributed by atoms with Gasteiger partial charge in [0.2, 0.25) is 11.8 Å². The average molecular weight is 343 g/mol. The number of nitrogens with two attached hydrogens (primary N) is 2. The van der Waals surface area contributed by atoms with Crippen LogP contribution >= 0.6 is 11.6 Å². The predicted molar refractivity (Wildman–Crippen MR) is 95.4 cm³/mol. The number of rotatable bonds is 4. The molecule has 2 heterocycles. The number of anilines is 4. The number of nitrogens with zero attached hydrogens (tertiary/aromatic N) is 3. The molecule has 0 aliphatic rings. The zero-order valence-corrected chi connectivity index (χ0v) is 13.6. The first-order chi connectivity index (χ1) is 11.6. The Morgan fingerprint density at radius 3 is 2.71 bits per heavy atom. The molecule has 3 rings (SSSR count). The number of nitrogen functional groups attached to an aromatic ring is 2. The van der Waals surface area contributed by atoms with Crippen LogP contribution in [0.5, 0.6) is 5.88 Å². The molecule has 0 saturated heterocycles. The lowest BCUT2D eigenvalue weighted by molar-refractivity contribution is 0.400. The Morgan fingerprint density at radius 2 is 1.96 bits per heavy atom. The summed E-state index contributed by atoms with van der Waals surface area (Å²) in [5, 5.41) is 3.61. The van der Waals surface area contributed by atoms with Gasteiger partial charge in [0.15, 0.2) is 5.82 Å². The smallest absolute Gasteiger partial charge is 0.237 e. The van der Waals surface area contributed by atoms with Gasteiger partial charge >= 0.3 is 0 Å². The largest absolute Gasteiger partial charge is 0.480 e. The number of pyridine rings is 1. The SMILES string of the molecule is COc1ncccc1Nc1nc(N)c(N)c(-c2cccc(Cl)c2)n1. The Bertz CT molecular complexity index is 886. The van der Waals surface area contributed by atoms with Crippen LogP contribution in [0.3, 0.4) is 0 Å². The molecule has 24 heavy (non-hydrogen) atoms. The lowest BCUT2D eigenvalue weighted by Crippen LogP contribution is -2.07. The molecule has 3 aromatic rings. The van der Waals surface area contributed by atoms with Crippen molar-refractivity contribution in [2.75, 3.05) is 23.9 Å². The van der Waals surface area contributed by atoms with Crippen LogP contribution in [-0.4, -0.2) is 22.1 Å². The van der Waals surface area contributed by atoms with Crippen molar-refractivity contribution in [3.8, 4) is 17.1 Å². The van der Waals surface area contributed by atoms with E-state index < -0.39 is 0 Å². The highest BCUT2D eigenvalue weighted by molar-refractivity contribution is 6.30. The molecule has 0 radical (unpaired) electrons. The molecule has 1 aromatic carbocycles. The van der Waals surface area contributed by atoms with Crippen LogP contribution in [-0.2, 0) is 0 Å². The third kappa shape index (κ3) is 3.16. The number of hydrogen-bond donors (Lipinski definition) is 3. The van der Waals surface area contributed by atoms with Gasteiger partial charge in [0, 0.05) is 16.8 Å². The maximum Gasteiger partial charge on any atom is 0.237 e. The van der Waals surface area contributed by atoms with Gasteiger partial charge in [-0.05, 0) is 24.3 Å². The normalized spacial score (nSPS) is 10.4. The van der Waals surface area contributed by atoms with Gasteiger partial charge < -0.3 is 21.5 Å². The summed E-state index contributed by atoms with van der Waals surface area (Å²) < 4.78 is 5.20. The monoisotopic (exact) mass is 342 g/mol. The fourth-order valence-corrected chi connectivity index (χ4v) is 2.36. The minimum Gasteiger partial charge on any atom is -0.480 e. The quantitative estimate of drug-likeness (QED) is 0.667. The summed E-state index contributed by atoms with van der Waals surface area (Å²) in [5.74, 6) is 0.870. The van der Waals surface area contributed by atoms with E-state index in [9.17, 15) is 0 Å². The molecule has 0 atom stereocenters. The number of benzene rings is 1. The van der Waals surface area contributed by atoms with Crippen LogP contribution in [0.2, 0.25) is 5.02 Å². The zero-order valence-electron chi connectivity index (χ0n) is 12.8. The zero-order chi connectivity index (χ0) is 17.1. The van der Waals surface area contributed by atoms with E-state index in [-0.39, 0.29) is 11.8 Å². The first kappa shape index (κ1) is 15.8. The molecular weight excluding hydrogens is 328 g/mol. The molecule has 0 amide bonds. The Kier molecular flexibility index (Phi) is 4.35. The molecule has 0 aliphatic carbocycles. The number of methoxy groups -OCH3 is 1. The van der Waals surface area contributed by atoms with Crippen molar-refractivity contribution in [2.24, 2.45) is 0 Å². The third-order valence-corrected chi connectivity index (χ3v) is 3.52. The highest BCUT2D eigenvalue weighted by Gasteiger charge is 2.13. The highest BCUT2D eigenvalue weighted by atomic mass is 35.5. The molecular formula is C16H15ClN6O. The van der Waals surface area contributed by atoms with E-state index in [1.807, 2.05) is 12.1 Å². The molecule has 0 saturated carbocycles. The highest BCUT2D eigenvalue weighted by Crippen LogP contribution is 2.31. The second kappa shape index (κ2) is 6.59. The minimum atomic E-state index is 0.172. The number of hydrogen-bond acceptors (Lipinski definition) is 7. The molecule has 8 heteroatoms. The van der Waals surface area contributed by atoms with Gasteiger partial charge in [-0.1, -0.05) is 23.7 Å². The third-order valence-electron chi connectivity index (χ3n) is 3.28. The van der Waals surface area contributed by atoms with Crippen molar-refractivity contribution < 1.29 is 4.74 Å². The fraction of sp³-hybridized carbons (Fsp3) is 0.0625. The summed E-state index contributed by atoms with van der Waals surface area (Å²) >= 11 is 6.04. The van der Waals surface area contributed by atoms with E-state index in [4.69, 9.17) is 27.8 Å². The summed E-state index contributed by atoms with van der Waals surface area (Å²) in [6.07, 6.45) is 1.62. The summed E-state index contributed by atoms with van der Waals surface area (Å²) in [7, 11) is 1.53. The molecule has 0 spiro atoms. The van der Waals surface area contributed by atoms with Crippen LogP contribution in [0.1, 0.15) is 0 Å². The van der Waals surface area contributed by atoms with Crippen molar-refractivity contribution in [1.82, 2.24) is 15.0 Å². The second-order valence-electron chi connectivity index (χ2n) is 4.89. The second-order valence-corrected chi connectivity index (χ2v) is 5.33. The van der Waals surface area contributed by atoms with Crippen LogP contribution in [0, 0.1) is 0 Å². The first-order valence-electron chi connectivity index (χ1n) is 7.03. The fourth-order valence-electron chi connectivity index (χ4n) is 2.17. The van der Waals surface area contributed by atoms with E-state index in [0.717, 1.165) is 5.56 Å². The Labute approximate surface area is 143 Å². The minimum absolute atomic E-state index is 0.172. The number of ether oxygens (including phenoxy) is 1. The Morgan fingerprint density at radius 1 is 1.12 bits per heavy atom. The van der Waals surface area contributed by atoms with E-state index >= 15 is 0 Å². The first-order valence-corrected chi connectivity index (χ1v) is 7.41. The van der Waals surface area contributed by atoms with E-state index in [0.29, 0.717) is 28.0 Å². The summed E-state index contributed by atoms with van der Waals surface area (Å²) in [4.78, 5) is 12.7. The van der Waals surface area contributed by atoms with Crippen LogP contribution in [0.25, 0.3) is 11.3 Å². The summed E-state index contributed by atoms with van der Waals surface area (Å²) in [5.41, 5.74) is 14.1. The van der Waals surface area contributed by atoms with Gasteiger partial charge in [-0.25, -0.2) is 9.97 Å². The predicted octanol–water partition coefficient (Wildman–Crippen LogP) is 3.11. The Balaban J connectivity index is 2.04. The van der Waals surface area contributed by atoms with Gasteiger partial charge in [0.1, 0.15) is 17.1 Å². The van der Waals surface area contributed by atoms with E-state index in [1.54, 1.807) is 30.5 Å². The maximum absolute atomic E-state index is 6.04. The molecule has 122 valence electrons. The molecule has 0 bridgehead atoms. The van der Waals surface area contributed by atoms with Crippen molar-refractivity contribution in [1.29, 1.82) is 0 Å².